The fourth-order valence-electron chi connectivity index (χ4n) is 4.77. The molecule has 2 aromatic rings. The number of likely N-dealkylation sites (tertiary alicyclic amines) is 2. The number of carbonyl (C=O) groups excluding carboxylic acids is 1. The summed E-state index contributed by atoms with van der Waals surface area (Å²) in [6, 6.07) is 4.80. The molecule has 2 saturated heterocycles. The van der Waals surface area contributed by atoms with Crippen molar-refractivity contribution in [1.29, 1.82) is 0 Å². The molecule has 4 rings (SSSR count). The third kappa shape index (κ3) is 5.40. The Kier molecular flexibility index (Phi) is 7.02. The predicted molar refractivity (Wildman–Crippen MR) is 115 cm³/mol. The minimum absolute atomic E-state index is 0.0928. The van der Waals surface area contributed by atoms with Gasteiger partial charge in [0.1, 0.15) is 0 Å². The van der Waals surface area contributed by atoms with Gasteiger partial charge in [-0.3, -0.25) is 29.5 Å². The topological polar surface area (TPSA) is 65.5 Å². The highest BCUT2D eigenvalue weighted by atomic mass is 16.2. The Balaban J connectivity index is 1.26. The highest BCUT2D eigenvalue weighted by Crippen LogP contribution is 2.25. The van der Waals surface area contributed by atoms with E-state index in [9.17, 15) is 4.79 Å². The molecule has 1 amide bonds. The van der Waals surface area contributed by atoms with Crippen molar-refractivity contribution in [2.24, 2.45) is 5.92 Å². The number of nitrogens with zero attached hydrogens (tertiary/aromatic N) is 6. The summed E-state index contributed by atoms with van der Waals surface area (Å²) >= 11 is 0. The minimum atomic E-state index is 0.0928. The molecule has 0 unspecified atom stereocenters. The van der Waals surface area contributed by atoms with Crippen molar-refractivity contribution in [2.45, 2.75) is 44.8 Å². The lowest BCUT2D eigenvalue weighted by molar-refractivity contribution is -0.137. The van der Waals surface area contributed by atoms with Gasteiger partial charge in [-0.2, -0.15) is 0 Å². The summed E-state index contributed by atoms with van der Waals surface area (Å²) in [4.78, 5) is 32.5. The van der Waals surface area contributed by atoms with Crippen LogP contribution in [-0.4, -0.2) is 74.8 Å². The molecule has 0 spiro atoms. The molecule has 0 aliphatic carbocycles. The first-order valence-electron chi connectivity index (χ1n) is 11.0. The van der Waals surface area contributed by atoms with Gasteiger partial charge in [0.25, 0.3) is 0 Å². The van der Waals surface area contributed by atoms with Gasteiger partial charge >= 0.3 is 0 Å². The number of aromatic nitrogens is 3. The van der Waals surface area contributed by atoms with Crippen LogP contribution in [0.2, 0.25) is 0 Å². The summed E-state index contributed by atoms with van der Waals surface area (Å²) in [5.41, 5.74) is 2.17. The maximum absolute atomic E-state index is 13.0. The summed E-state index contributed by atoms with van der Waals surface area (Å²) < 4.78 is 0. The lowest BCUT2D eigenvalue weighted by Crippen LogP contribution is -2.50. The van der Waals surface area contributed by atoms with E-state index < -0.39 is 0 Å². The number of hydrogen-bond acceptors (Lipinski definition) is 6. The SMILES string of the molecule is CN(Cc1cnccn1)C(=O)[C@@H]1CCCN(C2CCN(Cc3ccncc3)CC2)C1. The number of hydrogen-bond donors (Lipinski definition) is 0. The Morgan fingerprint density at radius 2 is 1.87 bits per heavy atom. The quantitative estimate of drug-likeness (QED) is 0.730. The van der Waals surface area contributed by atoms with Gasteiger partial charge in [0.15, 0.2) is 0 Å². The Morgan fingerprint density at radius 1 is 1.07 bits per heavy atom. The summed E-state index contributed by atoms with van der Waals surface area (Å²) in [6.45, 7) is 5.77. The molecule has 0 radical (unpaired) electrons. The highest BCUT2D eigenvalue weighted by molar-refractivity contribution is 5.78. The number of pyridine rings is 1. The fraction of sp³-hybridized carbons (Fsp3) is 0.565. The Labute approximate surface area is 179 Å². The number of piperidine rings is 2. The molecule has 0 bridgehead atoms. The molecule has 7 heteroatoms. The monoisotopic (exact) mass is 408 g/mol. The van der Waals surface area contributed by atoms with E-state index in [2.05, 4.69) is 36.9 Å². The van der Waals surface area contributed by atoms with Crippen LogP contribution in [0.5, 0.6) is 0 Å². The zero-order valence-corrected chi connectivity index (χ0v) is 17.9. The van der Waals surface area contributed by atoms with Crippen LogP contribution in [0.3, 0.4) is 0 Å². The van der Waals surface area contributed by atoms with Crippen molar-refractivity contribution in [3.05, 3.63) is 54.4 Å². The van der Waals surface area contributed by atoms with Gasteiger partial charge in [-0.15, -0.1) is 0 Å². The maximum atomic E-state index is 13.0. The van der Waals surface area contributed by atoms with E-state index in [1.54, 1.807) is 18.6 Å². The van der Waals surface area contributed by atoms with Gasteiger partial charge in [0, 0.05) is 51.0 Å². The molecule has 1 atom stereocenters. The largest absolute Gasteiger partial charge is 0.340 e. The zero-order valence-electron chi connectivity index (χ0n) is 17.9. The third-order valence-electron chi connectivity index (χ3n) is 6.42. The highest BCUT2D eigenvalue weighted by Gasteiger charge is 2.32. The molecule has 0 saturated carbocycles. The standard InChI is InChI=1S/C23H32N6O/c1-27(18-21-15-25-10-11-26-21)23(30)20-3-2-12-29(17-20)22-6-13-28(14-7-22)16-19-4-8-24-9-5-19/h4-5,8-11,15,20,22H,2-3,6-7,12-14,16-18H2,1H3/t20-/m1/s1. The predicted octanol–water partition coefficient (Wildman–Crippen LogP) is 2.21. The van der Waals surface area contributed by atoms with E-state index in [1.165, 1.54) is 18.4 Å². The van der Waals surface area contributed by atoms with Crippen molar-refractivity contribution >= 4 is 5.91 Å². The van der Waals surface area contributed by atoms with Crippen molar-refractivity contribution in [3.63, 3.8) is 0 Å². The number of carbonyl (C=O) groups is 1. The smallest absolute Gasteiger partial charge is 0.227 e. The summed E-state index contributed by atoms with van der Waals surface area (Å²) in [5, 5.41) is 0. The van der Waals surface area contributed by atoms with Crippen molar-refractivity contribution in [2.75, 3.05) is 33.2 Å². The molecular weight excluding hydrogens is 376 g/mol. The van der Waals surface area contributed by atoms with Gasteiger partial charge in [-0.1, -0.05) is 0 Å². The molecule has 30 heavy (non-hydrogen) atoms. The lowest BCUT2D eigenvalue weighted by atomic mass is 9.93. The molecule has 2 aromatic heterocycles. The van der Waals surface area contributed by atoms with Gasteiger partial charge in [0.2, 0.25) is 5.91 Å². The van der Waals surface area contributed by atoms with E-state index in [0.717, 1.165) is 51.3 Å². The van der Waals surface area contributed by atoms with E-state index in [1.807, 2.05) is 24.3 Å². The molecule has 0 N–H and O–H groups in total. The van der Waals surface area contributed by atoms with Crippen LogP contribution < -0.4 is 0 Å². The normalized spacial score (nSPS) is 21.4. The van der Waals surface area contributed by atoms with E-state index in [4.69, 9.17) is 0 Å². The zero-order chi connectivity index (χ0) is 20.8. The molecule has 2 aliphatic heterocycles. The molecular formula is C23H32N6O. The van der Waals surface area contributed by atoms with Gasteiger partial charge < -0.3 is 4.90 Å². The Hall–Kier alpha value is -2.38. The van der Waals surface area contributed by atoms with Crippen LogP contribution in [0.4, 0.5) is 0 Å². The molecule has 7 nitrogen and oxygen atoms in total. The molecule has 160 valence electrons. The first-order valence-corrected chi connectivity index (χ1v) is 11.0. The van der Waals surface area contributed by atoms with Crippen LogP contribution in [0.25, 0.3) is 0 Å². The number of amides is 1. The van der Waals surface area contributed by atoms with Crippen molar-refractivity contribution < 1.29 is 4.79 Å². The van der Waals surface area contributed by atoms with Gasteiger partial charge in [-0.25, -0.2) is 0 Å². The lowest BCUT2D eigenvalue weighted by Gasteiger charge is -2.42. The Morgan fingerprint density at radius 3 is 2.60 bits per heavy atom. The molecule has 2 fully saturated rings. The molecule has 0 aromatic carbocycles. The van der Waals surface area contributed by atoms with Crippen LogP contribution in [0, 0.1) is 5.92 Å². The first-order chi connectivity index (χ1) is 14.7. The van der Waals surface area contributed by atoms with E-state index >= 15 is 0 Å². The van der Waals surface area contributed by atoms with E-state index in [0.29, 0.717) is 12.6 Å². The van der Waals surface area contributed by atoms with E-state index in [-0.39, 0.29) is 11.8 Å². The van der Waals surface area contributed by atoms with Gasteiger partial charge in [-0.05, 0) is 63.0 Å². The summed E-state index contributed by atoms with van der Waals surface area (Å²) in [7, 11) is 1.88. The average molecular weight is 409 g/mol. The fourth-order valence-corrected chi connectivity index (χ4v) is 4.77. The van der Waals surface area contributed by atoms with Crippen molar-refractivity contribution in [3.8, 4) is 0 Å². The summed E-state index contributed by atoms with van der Waals surface area (Å²) in [6.07, 6.45) is 13.3. The second kappa shape index (κ2) is 10.1. The maximum Gasteiger partial charge on any atom is 0.227 e. The average Bonchev–Trinajstić information content (AvgIpc) is 2.80. The van der Waals surface area contributed by atoms with Crippen LogP contribution in [0.1, 0.15) is 36.9 Å². The Bertz CT molecular complexity index is 794. The minimum Gasteiger partial charge on any atom is -0.340 e. The van der Waals surface area contributed by atoms with Crippen LogP contribution in [0.15, 0.2) is 43.1 Å². The van der Waals surface area contributed by atoms with Crippen LogP contribution >= 0.6 is 0 Å². The van der Waals surface area contributed by atoms with Crippen LogP contribution in [-0.2, 0) is 17.9 Å². The number of rotatable bonds is 6. The second-order valence-corrected chi connectivity index (χ2v) is 8.59. The molecule has 4 heterocycles. The third-order valence-corrected chi connectivity index (χ3v) is 6.42. The first kappa shape index (κ1) is 20.9. The summed E-state index contributed by atoms with van der Waals surface area (Å²) in [5.74, 6) is 0.329. The van der Waals surface area contributed by atoms with Gasteiger partial charge in [0.05, 0.1) is 24.4 Å². The van der Waals surface area contributed by atoms with Crippen molar-refractivity contribution in [1.82, 2.24) is 29.7 Å². The molecule has 2 aliphatic rings. The second-order valence-electron chi connectivity index (χ2n) is 8.59.